The van der Waals surface area contributed by atoms with Crippen LogP contribution in [0, 0.1) is 5.82 Å². The van der Waals surface area contributed by atoms with Crippen LogP contribution in [0.3, 0.4) is 0 Å². The molecule has 2 amide bonds. The van der Waals surface area contributed by atoms with Crippen molar-refractivity contribution in [3.05, 3.63) is 65.0 Å². The Morgan fingerprint density at radius 1 is 0.923 bits per heavy atom. The molecule has 2 N–H and O–H groups in total. The van der Waals surface area contributed by atoms with Gasteiger partial charge in [0.05, 0.1) is 16.8 Å². The van der Waals surface area contributed by atoms with Gasteiger partial charge in [0.2, 0.25) is 0 Å². The number of carbonyl (C=O) groups is 1. The Balaban J connectivity index is 2.09. The zero-order valence-corrected chi connectivity index (χ0v) is 12.8. The number of hydrogen-bond acceptors (Lipinski definition) is 1. The molecular weight excluding hydrogens is 369 g/mol. The van der Waals surface area contributed by atoms with Crippen molar-refractivity contribution in [1.82, 2.24) is 5.32 Å². The first-order valence-electron chi connectivity index (χ1n) is 7.05. The smallest absolute Gasteiger partial charge is 0.334 e. The van der Waals surface area contributed by atoms with Gasteiger partial charge in [-0.25, -0.2) is 9.18 Å². The predicted molar refractivity (Wildman–Crippen MR) is 78.7 cm³/mol. The lowest BCUT2D eigenvalue weighted by Gasteiger charge is -2.14. The van der Waals surface area contributed by atoms with Crippen molar-refractivity contribution in [2.24, 2.45) is 0 Å². The highest BCUT2D eigenvalue weighted by Gasteiger charge is 2.33. The summed E-state index contributed by atoms with van der Waals surface area (Å²) in [4.78, 5) is 11.7. The maximum absolute atomic E-state index is 13.6. The molecule has 0 aliphatic rings. The van der Waals surface area contributed by atoms with Crippen LogP contribution >= 0.6 is 0 Å². The zero-order chi connectivity index (χ0) is 19.5. The highest BCUT2D eigenvalue weighted by atomic mass is 19.4. The lowest BCUT2D eigenvalue weighted by atomic mass is 10.1. The standard InChI is InChI=1S/C16H11F7N2O/c17-12-6-5-10(15(18,19)20)7-9(12)8-24-14(26)25-13-4-2-1-3-11(13)16(21,22)23/h1-7H,8H2,(H2,24,25,26). The van der Waals surface area contributed by atoms with Gasteiger partial charge in [-0.3, -0.25) is 0 Å². The van der Waals surface area contributed by atoms with Crippen molar-refractivity contribution >= 4 is 11.7 Å². The zero-order valence-electron chi connectivity index (χ0n) is 12.8. The number of hydrogen-bond donors (Lipinski definition) is 2. The monoisotopic (exact) mass is 380 g/mol. The molecule has 0 saturated carbocycles. The molecule has 0 spiro atoms. The van der Waals surface area contributed by atoms with E-state index in [0.717, 1.165) is 18.2 Å². The fourth-order valence-corrected chi connectivity index (χ4v) is 2.07. The molecule has 0 fully saturated rings. The van der Waals surface area contributed by atoms with Gasteiger partial charge in [-0.2, -0.15) is 26.3 Å². The van der Waals surface area contributed by atoms with Gasteiger partial charge in [-0.05, 0) is 30.3 Å². The molecule has 0 atom stereocenters. The van der Waals surface area contributed by atoms with Crippen LogP contribution < -0.4 is 10.6 Å². The number of rotatable bonds is 3. The van der Waals surface area contributed by atoms with Crippen LogP contribution in [-0.4, -0.2) is 6.03 Å². The van der Waals surface area contributed by atoms with Crippen LogP contribution in [0.5, 0.6) is 0 Å². The van der Waals surface area contributed by atoms with Crippen molar-refractivity contribution in [1.29, 1.82) is 0 Å². The van der Waals surface area contributed by atoms with Gasteiger partial charge in [-0.1, -0.05) is 12.1 Å². The quantitative estimate of drug-likeness (QED) is 0.708. The minimum atomic E-state index is -4.71. The number of anilines is 1. The minimum absolute atomic E-state index is 0.459. The van der Waals surface area contributed by atoms with Gasteiger partial charge in [0, 0.05) is 12.1 Å². The molecule has 10 heteroatoms. The second-order valence-electron chi connectivity index (χ2n) is 5.15. The van der Waals surface area contributed by atoms with E-state index >= 15 is 0 Å². The summed E-state index contributed by atoms with van der Waals surface area (Å²) >= 11 is 0. The molecule has 2 aromatic carbocycles. The number of benzene rings is 2. The number of nitrogens with one attached hydrogen (secondary N) is 2. The summed E-state index contributed by atoms with van der Waals surface area (Å²) in [7, 11) is 0. The van der Waals surface area contributed by atoms with Gasteiger partial charge in [0.25, 0.3) is 0 Å². The average molecular weight is 380 g/mol. The van der Waals surface area contributed by atoms with E-state index in [1.54, 1.807) is 0 Å². The summed E-state index contributed by atoms with van der Waals surface area (Å²) in [6.45, 7) is -0.643. The molecule has 2 rings (SSSR count). The number of carbonyl (C=O) groups excluding carboxylic acids is 1. The summed E-state index contributed by atoms with van der Waals surface area (Å²) < 4.78 is 89.9. The number of halogens is 7. The Labute approximate surface area is 142 Å². The fourth-order valence-electron chi connectivity index (χ4n) is 2.07. The molecule has 0 aromatic heterocycles. The topological polar surface area (TPSA) is 41.1 Å². The summed E-state index contributed by atoms with van der Waals surface area (Å²) in [6, 6.07) is 4.67. The maximum Gasteiger partial charge on any atom is 0.418 e. The highest BCUT2D eigenvalue weighted by Crippen LogP contribution is 2.34. The summed E-state index contributed by atoms with van der Waals surface area (Å²) in [5.41, 5.74) is -3.21. The van der Waals surface area contributed by atoms with Crippen LogP contribution in [0.25, 0.3) is 0 Å². The van der Waals surface area contributed by atoms with E-state index in [1.165, 1.54) is 6.07 Å². The Bertz CT molecular complexity index is 800. The van der Waals surface area contributed by atoms with Gasteiger partial charge in [0.15, 0.2) is 0 Å². The molecule has 0 saturated heterocycles. The SMILES string of the molecule is O=C(NCc1cc(C(F)(F)F)ccc1F)Nc1ccccc1C(F)(F)F. The third-order valence-electron chi connectivity index (χ3n) is 3.29. The fraction of sp³-hybridized carbons (Fsp3) is 0.188. The van der Waals surface area contributed by atoms with Crippen molar-refractivity contribution in [3.63, 3.8) is 0 Å². The average Bonchev–Trinajstić information content (AvgIpc) is 2.52. The second kappa shape index (κ2) is 7.22. The Morgan fingerprint density at radius 3 is 2.19 bits per heavy atom. The van der Waals surface area contributed by atoms with E-state index < -0.39 is 53.1 Å². The molecule has 2 aromatic rings. The highest BCUT2D eigenvalue weighted by molar-refractivity contribution is 5.90. The van der Waals surface area contributed by atoms with Gasteiger partial charge < -0.3 is 10.6 Å². The van der Waals surface area contributed by atoms with Gasteiger partial charge >= 0.3 is 18.4 Å². The first kappa shape index (κ1) is 19.5. The largest absolute Gasteiger partial charge is 0.418 e. The van der Waals surface area contributed by atoms with Crippen molar-refractivity contribution in [2.45, 2.75) is 18.9 Å². The van der Waals surface area contributed by atoms with E-state index in [-0.39, 0.29) is 0 Å². The lowest BCUT2D eigenvalue weighted by molar-refractivity contribution is -0.138. The normalized spacial score (nSPS) is 12.0. The first-order valence-corrected chi connectivity index (χ1v) is 7.05. The number of para-hydroxylation sites is 1. The third kappa shape index (κ3) is 4.87. The summed E-state index contributed by atoms with van der Waals surface area (Å²) in [6.07, 6.45) is -9.41. The van der Waals surface area contributed by atoms with Crippen LogP contribution in [0.4, 0.5) is 41.2 Å². The second-order valence-corrected chi connectivity index (χ2v) is 5.15. The Morgan fingerprint density at radius 2 is 1.58 bits per heavy atom. The lowest BCUT2D eigenvalue weighted by Crippen LogP contribution is -2.29. The molecule has 0 radical (unpaired) electrons. The van der Waals surface area contributed by atoms with E-state index in [0.29, 0.717) is 18.2 Å². The predicted octanol–water partition coefficient (Wildman–Crippen LogP) is 5.19. The molecule has 3 nitrogen and oxygen atoms in total. The van der Waals surface area contributed by atoms with Gasteiger partial charge in [-0.15, -0.1) is 0 Å². The molecule has 0 bridgehead atoms. The van der Waals surface area contributed by atoms with E-state index in [9.17, 15) is 35.5 Å². The molecule has 0 heterocycles. The van der Waals surface area contributed by atoms with Crippen LogP contribution in [0.15, 0.2) is 42.5 Å². The number of alkyl halides is 6. The Kier molecular flexibility index (Phi) is 5.43. The molecule has 0 unspecified atom stereocenters. The minimum Gasteiger partial charge on any atom is -0.334 e. The maximum atomic E-state index is 13.6. The number of urea groups is 1. The molecule has 26 heavy (non-hydrogen) atoms. The Hall–Kier alpha value is -2.78. The molecule has 0 aliphatic heterocycles. The number of amides is 2. The molecular formula is C16H11F7N2O. The van der Waals surface area contributed by atoms with Crippen LogP contribution in [0.2, 0.25) is 0 Å². The summed E-state index contributed by atoms with van der Waals surface area (Å²) in [5, 5.41) is 3.96. The van der Waals surface area contributed by atoms with Gasteiger partial charge in [0.1, 0.15) is 5.82 Å². The molecule has 140 valence electrons. The van der Waals surface area contributed by atoms with E-state index in [4.69, 9.17) is 0 Å². The first-order chi connectivity index (χ1) is 12.0. The van der Waals surface area contributed by atoms with E-state index in [2.05, 4.69) is 0 Å². The van der Waals surface area contributed by atoms with Crippen LogP contribution in [-0.2, 0) is 18.9 Å². The van der Waals surface area contributed by atoms with Crippen molar-refractivity contribution in [3.8, 4) is 0 Å². The van der Waals surface area contributed by atoms with E-state index in [1.807, 2.05) is 10.6 Å². The van der Waals surface area contributed by atoms with Crippen molar-refractivity contribution in [2.75, 3.05) is 5.32 Å². The molecule has 0 aliphatic carbocycles. The van der Waals surface area contributed by atoms with Crippen LogP contribution in [0.1, 0.15) is 16.7 Å². The van der Waals surface area contributed by atoms with Crippen molar-refractivity contribution < 1.29 is 35.5 Å². The third-order valence-corrected chi connectivity index (χ3v) is 3.29. The summed E-state index contributed by atoms with van der Waals surface area (Å²) in [5.74, 6) is -0.992.